The summed E-state index contributed by atoms with van der Waals surface area (Å²) in [6.45, 7) is 0. The molecule has 2 aromatic rings. The van der Waals surface area contributed by atoms with E-state index in [1.165, 1.54) is 24.3 Å². The third kappa shape index (κ3) is 2.25. The SMILES string of the molecule is O=[N+]([O-])c1cccc([N+](=O)[O-])c1-c1ccccc1F. The Morgan fingerprint density at radius 3 is 1.84 bits per heavy atom. The number of nitro benzene ring substituents is 2. The lowest BCUT2D eigenvalue weighted by Gasteiger charge is -2.05. The van der Waals surface area contributed by atoms with Gasteiger partial charge in [0.05, 0.1) is 9.85 Å². The quantitative estimate of drug-likeness (QED) is 0.627. The third-order valence-electron chi connectivity index (χ3n) is 2.56. The summed E-state index contributed by atoms with van der Waals surface area (Å²) < 4.78 is 13.7. The van der Waals surface area contributed by atoms with Crippen LogP contribution >= 0.6 is 0 Å². The van der Waals surface area contributed by atoms with Crippen LogP contribution in [-0.4, -0.2) is 9.85 Å². The molecule has 0 amide bonds. The average Bonchev–Trinajstić information content (AvgIpc) is 2.38. The fraction of sp³-hybridized carbons (Fsp3) is 0. The maximum absolute atomic E-state index is 13.7. The van der Waals surface area contributed by atoms with Gasteiger partial charge in [-0.15, -0.1) is 0 Å². The number of rotatable bonds is 3. The summed E-state index contributed by atoms with van der Waals surface area (Å²) in [5.74, 6) is -0.750. The Hall–Kier alpha value is -2.83. The molecule has 19 heavy (non-hydrogen) atoms. The zero-order valence-electron chi connectivity index (χ0n) is 9.45. The van der Waals surface area contributed by atoms with Crippen LogP contribution in [0.2, 0.25) is 0 Å². The lowest BCUT2D eigenvalue weighted by Crippen LogP contribution is -1.98. The molecule has 96 valence electrons. The number of hydrogen-bond acceptors (Lipinski definition) is 4. The van der Waals surface area contributed by atoms with Crippen LogP contribution in [0, 0.1) is 26.0 Å². The second-order valence-electron chi connectivity index (χ2n) is 3.67. The van der Waals surface area contributed by atoms with Gasteiger partial charge in [-0.05, 0) is 12.1 Å². The van der Waals surface area contributed by atoms with E-state index in [1.54, 1.807) is 0 Å². The molecule has 0 aliphatic heterocycles. The second-order valence-corrected chi connectivity index (χ2v) is 3.67. The first-order valence-electron chi connectivity index (χ1n) is 5.19. The molecule has 0 saturated carbocycles. The molecule has 0 aliphatic rings. The average molecular weight is 262 g/mol. The van der Waals surface area contributed by atoms with Gasteiger partial charge in [-0.3, -0.25) is 20.2 Å². The Morgan fingerprint density at radius 2 is 1.37 bits per heavy atom. The molecule has 6 nitrogen and oxygen atoms in total. The van der Waals surface area contributed by atoms with Crippen LogP contribution in [-0.2, 0) is 0 Å². The van der Waals surface area contributed by atoms with Crippen molar-refractivity contribution in [2.24, 2.45) is 0 Å². The molecule has 2 aromatic carbocycles. The Labute approximate surface area is 106 Å². The van der Waals surface area contributed by atoms with Crippen LogP contribution in [0.3, 0.4) is 0 Å². The predicted molar refractivity (Wildman–Crippen MR) is 65.1 cm³/mol. The molecule has 0 fully saturated rings. The van der Waals surface area contributed by atoms with E-state index in [-0.39, 0.29) is 11.1 Å². The predicted octanol–water partition coefficient (Wildman–Crippen LogP) is 3.31. The summed E-state index contributed by atoms with van der Waals surface area (Å²) >= 11 is 0. The Morgan fingerprint density at radius 1 is 0.842 bits per heavy atom. The van der Waals surface area contributed by atoms with Gasteiger partial charge in [-0.25, -0.2) is 4.39 Å². The van der Waals surface area contributed by atoms with Gasteiger partial charge in [0.1, 0.15) is 11.4 Å². The van der Waals surface area contributed by atoms with Crippen molar-refractivity contribution in [3.63, 3.8) is 0 Å². The number of nitro groups is 2. The van der Waals surface area contributed by atoms with E-state index in [0.717, 1.165) is 18.2 Å². The van der Waals surface area contributed by atoms with E-state index in [2.05, 4.69) is 0 Å². The molecule has 2 rings (SSSR count). The van der Waals surface area contributed by atoms with Crippen molar-refractivity contribution in [3.05, 3.63) is 68.5 Å². The van der Waals surface area contributed by atoms with Crippen molar-refractivity contribution in [2.45, 2.75) is 0 Å². The van der Waals surface area contributed by atoms with Gasteiger partial charge >= 0.3 is 0 Å². The van der Waals surface area contributed by atoms with Crippen LogP contribution in [0.5, 0.6) is 0 Å². The Bertz CT molecular complexity index is 640. The van der Waals surface area contributed by atoms with E-state index in [9.17, 15) is 24.6 Å². The summed E-state index contributed by atoms with van der Waals surface area (Å²) in [4.78, 5) is 20.3. The summed E-state index contributed by atoms with van der Waals surface area (Å²) in [6.07, 6.45) is 0. The van der Waals surface area contributed by atoms with Gasteiger partial charge in [0, 0.05) is 17.7 Å². The van der Waals surface area contributed by atoms with Crippen LogP contribution in [0.25, 0.3) is 11.1 Å². The molecular formula is C12H7FN2O4. The molecule has 0 saturated heterocycles. The van der Waals surface area contributed by atoms with E-state index in [0.29, 0.717) is 0 Å². The number of hydrogen-bond donors (Lipinski definition) is 0. The highest BCUT2D eigenvalue weighted by molar-refractivity contribution is 5.82. The monoisotopic (exact) mass is 262 g/mol. The van der Waals surface area contributed by atoms with Crippen LogP contribution in [0.4, 0.5) is 15.8 Å². The van der Waals surface area contributed by atoms with E-state index >= 15 is 0 Å². The largest absolute Gasteiger partial charge is 0.284 e. The van der Waals surface area contributed by atoms with Crippen LogP contribution < -0.4 is 0 Å². The summed E-state index contributed by atoms with van der Waals surface area (Å²) in [5.41, 5.74) is -1.49. The molecule has 0 unspecified atom stereocenters. The minimum atomic E-state index is -0.769. The van der Waals surface area contributed by atoms with Gasteiger partial charge in [0.15, 0.2) is 0 Å². The number of benzene rings is 2. The van der Waals surface area contributed by atoms with Gasteiger partial charge in [0.2, 0.25) is 0 Å². The first-order valence-corrected chi connectivity index (χ1v) is 5.19. The molecule has 0 atom stereocenters. The van der Waals surface area contributed by atoms with Crippen molar-refractivity contribution < 1.29 is 14.2 Å². The third-order valence-corrected chi connectivity index (χ3v) is 2.56. The lowest BCUT2D eigenvalue weighted by molar-refractivity contribution is -0.392. The van der Waals surface area contributed by atoms with Crippen molar-refractivity contribution in [3.8, 4) is 11.1 Å². The highest BCUT2D eigenvalue weighted by atomic mass is 19.1. The zero-order chi connectivity index (χ0) is 14.0. The van der Waals surface area contributed by atoms with Crippen molar-refractivity contribution >= 4 is 11.4 Å². The van der Waals surface area contributed by atoms with Crippen LogP contribution in [0.15, 0.2) is 42.5 Å². The fourth-order valence-electron chi connectivity index (χ4n) is 1.77. The first-order chi connectivity index (χ1) is 9.02. The molecule has 0 heterocycles. The highest BCUT2D eigenvalue weighted by Gasteiger charge is 2.27. The topological polar surface area (TPSA) is 86.3 Å². The number of nitrogens with zero attached hydrogens (tertiary/aromatic N) is 2. The molecule has 0 radical (unpaired) electrons. The van der Waals surface area contributed by atoms with E-state index < -0.39 is 27.0 Å². The van der Waals surface area contributed by atoms with E-state index in [1.807, 2.05) is 0 Å². The lowest BCUT2D eigenvalue weighted by atomic mass is 10.0. The highest BCUT2D eigenvalue weighted by Crippen LogP contribution is 2.38. The van der Waals surface area contributed by atoms with Crippen molar-refractivity contribution in [1.29, 1.82) is 0 Å². The summed E-state index contributed by atoms with van der Waals surface area (Å²) in [6, 6.07) is 8.63. The maximum atomic E-state index is 13.7. The molecule has 0 N–H and O–H groups in total. The second kappa shape index (κ2) is 4.81. The molecule has 0 aliphatic carbocycles. The Kier molecular flexibility index (Phi) is 3.19. The molecule has 7 heteroatoms. The van der Waals surface area contributed by atoms with E-state index in [4.69, 9.17) is 0 Å². The van der Waals surface area contributed by atoms with Crippen molar-refractivity contribution in [2.75, 3.05) is 0 Å². The van der Waals surface area contributed by atoms with Gasteiger partial charge in [0.25, 0.3) is 11.4 Å². The minimum Gasteiger partial charge on any atom is -0.258 e. The summed E-state index contributed by atoms with van der Waals surface area (Å²) in [7, 11) is 0. The smallest absolute Gasteiger partial charge is 0.258 e. The molecule has 0 bridgehead atoms. The number of halogens is 1. The van der Waals surface area contributed by atoms with Gasteiger partial charge in [-0.2, -0.15) is 0 Å². The minimum absolute atomic E-state index is 0.165. The Balaban J connectivity index is 2.83. The first kappa shape index (κ1) is 12.6. The molecule has 0 spiro atoms. The normalized spacial score (nSPS) is 10.2. The van der Waals surface area contributed by atoms with Crippen molar-refractivity contribution in [1.82, 2.24) is 0 Å². The fourth-order valence-corrected chi connectivity index (χ4v) is 1.77. The zero-order valence-corrected chi connectivity index (χ0v) is 9.45. The van der Waals surface area contributed by atoms with Gasteiger partial charge in [-0.1, -0.05) is 18.2 Å². The van der Waals surface area contributed by atoms with Crippen LogP contribution in [0.1, 0.15) is 0 Å². The summed E-state index contributed by atoms with van der Waals surface area (Å²) in [5, 5.41) is 21.9. The maximum Gasteiger partial charge on any atom is 0.284 e. The molecular weight excluding hydrogens is 255 g/mol. The standard InChI is InChI=1S/C12H7FN2O4/c13-9-5-2-1-4-8(9)12-10(14(16)17)6-3-7-11(12)15(18)19/h1-7H. The van der Waals surface area contributed by atoms with Gasteiger partial charge < -0.3 is 0 Å². The molecule has 0 aromatic heterocycles.